The number of hydrogen-bond donors (Lipinski definition) is 1. The predicted octanol–water partition coefficient (Wildman–Crippen LogP) is 2.21. The molecule has 3 aliphatic heterocycles. The van der Waals surface area contributed by atoms with Crippen LogP contribution in [0.3, 0.4) is 0 Å². The molecule has 2 aromatic carbocycles. The number of nitrogens with zero attached hydrogens (tertiary/aromatic N) is 2. The molecule has 1 N–H and O–H groups in total. The molecule has 3 aliphatic rings. The monoisotopic (exact) mass is 401 g/mol. The Kier molecular flexibility index (Phi) is 1.69. The van der Waals surface area contributed by atoms with Gasteiger partial charge in [-0.1, -0.05) is 24.2 Å². The van der Waals surface area contributed by atoms with Crippen molar-refractivity contribution in [2.45, 2.75) is 18.5 Å². The van der Waals surface area contributed by atoms with Gasteiger partial charge in [0.2, 0.25) is 18.6 Å². The summed E-state index contributed by atoms with van der Waals surface area (Å²) >= 11 is 0. The van der Waals surface area contributed by atoms with E-state index in [4.69, 9.17) is 25.9 Å². The van der Waals surface area contributed by atoms with Gasteiger partial charge in [-0.2, -0.15) is 0 Å². The van der Waals surface area contributed by atoms with Gasteiger partial charge in [0, 0.05) is 34.1 Å². The molecule has 1 fully saturated rings. The second-order valence-electron chi connectivity index (χ2n) is 6.85. The van der Waals surface area contributed by atoms with Crippen molar-refractivity contribution in [3.8, 4) is 11.5 Å². The number of aromatic nitrogens is 1. The molecule has 0 radical (unpaired) electrons. The van der Waals surface area contributed by atoms with Crippen molar-refractivity contribution in [2.75, 3.05) is 20.3 Å². The van der Waals surface area contributed by atoms with Gasteiger partial charge in [-0.05, 0) is 29.3 Å². The number of nitrogens with one attached hydrogen (secondary N) is 1. The zero-order chi connectivity index (χ0) is 30.1. The van der Waals surface area contributed by atoms with Crippen molar-refractivity contribution in [3.05, 3.63) is 59.1 Å². The number of amides is 2. The fourth-order valence-electron chi connectivity index (χ4n) is 4.09. The van der Waals surface area contributed by atoms with Crippen LogP contribution in [0.2, 0.25) is 0 Å². The number of para-hydroxylation sites is 1. The van der Waals surface area contributed by atoms with Crippen molar-refractivity contribution < 1.29 is 35.5 Å². The molecule has 146 valence electrons. The SMILES string of the molecule is [2H]c1c([2H])c(C2c3[nH]c4c([2H])c([2H])c([2H])c([2H])c4c3C[C@@H]3C(=O)N(C([2H])([2H])[2H])CC(=O)N23)c([2H])c2c1OC([2H])([2H])O2. The maximum Gasteiger partial charge on any atom is 0.245 e. The third-order valence-electron chi connectivity index (χ3n) is 5.32. The lowest BCUT2D eigenvalue weighted by atomic mass is 9.86. The summed E-state index contributed by atoms with van der Waals surface area (Å²) in [7, 11) is 0. The van der Waals surface area contributed by atoms with Crippen molar-refractivity contribution in [2.24, 2.45) is 0 Å². The van der Waals surface area contributed by atoms with Gasteiger partial charge in [0.15, 0.2) is 11.5 Å². The van der Waals surface area contributed by atoms with Gasteiger partial charge in [0.05, 0.1) is 22.2 Å². The normalized spacial score (nSPS) is 30.9. The molecule has 6 rings (SSSR count). The van der Waals surface area contributed by atoms with E-state index in [2.05, 4.69) is 4.98 Å². The first-order chi connectivity index (χ1) is 19.0. The van der Waals surface area contributed by atoms with Crippen LogP contribution in [0.1, 0.15) is 39.3 Å². The van der Waals surface area contributed by atoms with Crippen LogP contribution in [-0.2, 0) is 16.0 Å². The van der Waals surface area contributed by atoms with Crippen molar-refractivity contribution in [1.82, 2.24) is 14.8 Å². The average molecular weight is 401 g/mol. The fourth-order valence-corrected chi connectivity index (χ4v) is 4.09. The second-order valence-corrected chi connectivity index (χ2v) is 6.85. The molecule has 0 bridgehead atoms. The van der Waals surface area contributed by atoms with E-state index in [9.17, 15) is 9.59 Å². The number of rotatable bonds is 1. The number of ether oxygens (including phenoxy) is 2. The number of benzene rings is 2. The topological polar surface area (TPSA) is 74.9 Å². The largest absolute Gasteiger partial charge is 0.454 e. The van der Waals surface area contributed by atoms with Crippen LogP contribution in [0.5, 0.6) is 11.5 Å². The molecule has 7 nitrogen and oxygen atoms in total. The molecule has 0 spiro atoms. The van der Waals surface area contributed by atoms with E-state index >= 15 is 0 Å². The molecule has 7 heteroatoms. The quantitative estimate of drug-likeness (QED) is 0.678. The lowest BCUT2D eigenvalue weighted by Crippen LogP contribution is -2.62. The number of H-pyrrole nitrogens is 1. The minimum absolute atomic E-state index is 0.0110. The van der Waals surface area contributed by atoms with Gasteiger partial charge in [-0.3, -0.25) is 9.59 Å². The molecule has 29 heavy (non-hydrogen) atoms. The summed E-state index contributed by atoms with van der Waals surface area (Å²) < 4.78 is 108. The van der Waals surface area contributed by atoms with Crippen LogP contribution in [0.25, 0.3) is 10.9 Å². The molecule has 3 aromatic rings. The zero-order valence-electron chi connectivity index (χ0n) is 26.6. The molecule has 0 aliphatic carbocycles. The van der Waals surface area contributed by atoms with Crippen LogP contribution in [0.4, 0.5) is 0 Å². The maximum atomic E-state index is 13.6. The van der Waals surface area contributed by atoms with Crippen molar-refractivity contribution in [3.63, 3.8) is 0 Å². The fraction of sp³-hybridized carbons (Fsp3) is 0.273. The standard InChI is InChI=1S/C22H19N3O4/c1-24-10-19(26)25-16(22(24)27)9-14-13-4-2-3-5-15(13)23-20(14)21(25)12-6-7-17-18(8-12)29-11-28-17/h2-8,16,21,23H,9-11H2,1H3/t16-,21?/m1/s1/i1D3,2D,3D,4D,5D,6D,7D,8D,11D2. The number of piperazine rings is 1. The lowest BCUT2D eigenvalue weighted by molar-refractivity contribution is -0.157. The van der Waals surface area contributed by atoms with Gasteiger partial charge >= 0.3 is 0 Å². The van der Waals surface area contributed by atoms with Crippen LogP contribution < -0.4 is 9.47 Å². The van der Waals surface area contributed by atoms with E-state index in [0.29, 0.717) is 4.90 Å². The number of hydrogen-bond acceptors (Lipinski definition) is 4. The van der Waals surface area contributed by atoms with Crippen LogP contribution >= 0.6 is 0 Å². The Morgan fingerprint density at radius 2 is 2.07 bits per heavy atom. The molecule has 1 unspecified atom stereocenters. The molecule has 0 saturated carbocycles. The third-order valence-corrected chi connectivity index (χ3v) is 5.32. The molecule has 4 heterocycles. The van der Waals surface area contributed by atoms with Crippen molar-refractivity contribution >= 4 is 22.7 Å². The Morgan fingerprint density at radius 1 is 1.21 bits per heavy atom. The van der Waals surface area contributed by atoms with Crippen LogP contribution in [0.15, 0.2) is 42.3 Å². The summed E-state index contributed by atoms with van der Waals surface area (Å²) in [5, 5.41) is -0.0110. The Morgan fingerprint density at radius 3 is 2.97 bits per heavy atom. The summed E-state index contributed by atoms with van der Waals surface area (Å²) in [6.07, 6.45) is -0.341. The highest BCUT2D eigenvalue weighted by molar-refractivity contribution is 5.97. The van der Waals surface area contributed by atoms with Gasteiger partial charge in [-0.25, -0.2) is 0 Å². The molecular weight excluding hydrogens is 370 g/mol. The van der Waals surface area contributed by atoms with E-state index in [1.165, 1.54) is 0 Å². The summed E-state index contributed by atoms with van der Waals surface area (Å²) in [6, 6.07) is -7.04. The summed E-state index contributed by atoms with van der Waals surface area (Å²) in [5.41, 5.74) is -0.258. The van der Waals surface area contributed by atoms with E-state index < -0.39 is 98.0 Å². The highest BCUT2D eigenvalue weighted by atomic mass is 16.7. The molecule has 2 atom stereocenters. The third kappa shape index (κ3) is 2.24. The molecule has 1 saturated heterocycles. The Labute approximate surface area is 183 Å². The smallest absolute Gasteiger partial charge is 0.245 e. The number of likely N-dealkylation sites (N-methyl/N-ethyl adjacent to an activating group) is 1. The highest BCUT2D eigenvalue weighted by Gasteiger charge is 2.47. The van der Waals surface area contributed by atoms with E-state index in [1.54, 1.807) is 0 Å². The first kappa shape index (κ1) is 8.49. The molecular formula is C22H19N3O4. The van der Waals surface area contributed by atoms with Gasteiger partial charge in [0.25, 0.3) is 0 Å². The summed E-state index contributed by atoms with van der Waals surface area (Å²) in [5.74, 6) is -2.86. The minimum atomic E-state index is -2.97. The molecule has 1 aromatic heterocycles. The number of aromatic amines is 1. The number of carbonyl (C=O) groups excluding carboxylic acids is 2. The summed E-state index contributed by atoms with van der Waals surface area (Å²) in [6.45, 7) is -6.59. The van der Waals surface area contributed by atoms with Crippen LogP contribution in [-0.4, -0.2) is 52.9 Å². The minimum Gasteiger partial charge on any atom is -0.454 e. The highest BCUT2D eigenvalue weighted by Crippen LogP contribution is 2.44. The number of fused-ring (bicyclic) bond motifs is 5. The maximum absolute atomic E-state index is 13.6. The zero-order valence-corrected chi connectivity index (χ0v) is 14.6. The Bertz CT molecular complexity index is 1720. The predicted molar refractivity (Wildman–Crippen MR) is 105 cm³/mol. The lowest BCUT2D eigenvalue weighted by Gasteiger charge is -2.46. The van der Waals surface area contributed by atoms with Gasteiger partial charge < -0.3 is 24.3 Å². The van der Waals surface area contributed by atoms with Crippen LogP contribution in [0, 0.1) is 0 Å². The van der Waals surface area contributed by atoms with E-state index in [0.717, 1.165) is 4.90 Å². The average Bonchev–Trinajstić information content (AvgIpc) is 3.43. The van der Waals surface area contributed by atoms with Gasteiger partial charge in [0.1, 0.15) is 8.78 Å². The number of carbonyl (C=O) groups is 2. The van der Waals surface area contributed by atoms with E-state index in [-0.39, 0.29) is 34.1 Å². The Balaban J connectivity index is 1.69. The summed E-state index contributed by atoms with van der Waals surface area (Å²) in [4.78, 5) is 31.4. The van der Waals surface area contributed by atoms with Crippen molar-refractivity contribution in [1.29, 1.82) is 0 Å². The first-order valence-electron chi connectivity index (χ1n) is 14.7. The molecule has 2 amide bonds. The van der Waals surface area contributed by atoms with Gasteiger partial charge in [-0.15, -0.1) is 0 Å². The first-order valence-corrected chi connectivity index (χ1v) is 8.71. The second kappa shape index (κ2) is 5.76. The van der Waals surface area contributed by atoms with E-state index in [1.807, 2.05) is 0 Å². The Hall–Kier alpha value is -3.48.